The maximum Gasteiger partial charge on any atom is 0.416 e. The van der Waals surface area contributed by atoms with E-state index in [0.717, 1.165) is 45.0 Å². The summed E-state index contributed by atoms with van der Waals surface area (Å²) in [5, 5.41) is 0.853. The SMILES string of the molecule is CCOC(=O)C1=CN(S(=O)(=O)c2ccc(C(F)(F)F)cc2)CCc2c1[nH]c1ccccc21. The van der Waals surface area contributed by atoms with Crippen molar-refractivity contribution in [1.82, 2.24) is 9.29 Å². The van der Waals surface area contributed by atoms with Crippen molar-refractivity contribution in [1.29, 1.82) is 0 Å². The standard InChI is InChI=1S/C22H19F3N2O4S/c1-2-31-21(28)18-13-27(12-11-17-16-5-3-4-6-19(16)26-20(17)18)32(29,30)15-9-7-14(8-10-15)22(23,24)25/h3-10,13,26H,2,11-12H2,1H3. The van der Waals surface area contributed by atoms with E-state index >= 15 is 0 Å². The summed E-state index contributed by atoms with van der Waals surface area (Å²) < 4.78 is 71.1. The third-order valence-corrected chi connectivity index (χ3v) is 7.00. The summed E-state index contributed by atoms with van der Waals surface area (Å²) in [4.78, 5) is 15.6. The summed E-state index contributed by atoms with van der Waals surface area (Å²) in [7, 11) is -4.21. The maximum absolute atomic E-state index is 13.2. The first-order chi connectivity index (χ1) is 15.1. The molecule has 1 aliphatic rings. The van der Waals surface area contributed by atoms with Crippen LogP contribution in [0.2, 0.25) is 0 Å². The highest BCUT2D eigenvalue weighted by Crippen LogP contribution is 2.34. The Morgan fingerprint density at radius 3 is 2.47 bits per heavy atom. The van der Waals surface area contributed by atoms with E-state index in [1.165, 1.54) is 6.20 Å². The molecular weight excluding hydrogens is 445 g/mol. The first-order valence-electron chi connectivity index (χ1n) is 9.81. The molecule has 168 valence electrons. The van der Waals surface area contributed by atoms with Crippen LogP contribution in [0, 0.1) is 0 Å². The molecule has 3 aromatic rings. The number of benzene rings is 2. The number of ether oxygens (including phenoxy) is 1. The molecule has 0 bridgehead atoms. The van der Waals surface area contributed by atoms with Gasteiger partial charge in [-0.2, -0.15) is 13.2 Å². The van der Waals surface area contributed by atoms with Crippen LogP contribution in [-0.2, 0) is 32.2 Å². The van der Waals surface area contributed by atoms with Crippen molar-refractivity contribution in [2.45, 2.75) is 24.4 Å². The van der Waals surface area contributed by atoms with E-state index in [9.17, 15) is 26.4 Å². The van der Waals surface area contributed by atoms with Gasteiger partial charge in [-0.3, -0.25) is 4.31 Å². The first-order valence-corrected chi connectivity index (χ1v) is 11.2. The number of fused-ring (bicyclic) bond motifs is 3. The van der Waals surface area contributed by atoms with E-state index in [4.69, 9.17) is 4.74 Å². The number of hydrogen-bond donors (Lipinski definition) is 1. The Morgan fingerprint density at radius 2 is 1.81 bits per heavy atom. The number of rotatable bonds is 4. The topological polar surface area (TPSA) is 79.5 Å². The number of carbonyl (C=O) groups is 1. The van der Waals surface area contributed by atoms with Gasteiger partial charge >= 0.3 is 12.1 Å². The minimum Gasteiger partial charge on any atom is -0.462 e. The van der Waals surface area contributed by atoms with Gasteiger partial charge in [-0.05, 0) is 49.2 Å². The fraction of sp³-hybridized carbons (Fsp3) is 0.227. The molecule has 32 heavy (non-hydrogen) atoms. The van der Waals surface area contributed by atoms with Crippen LogP contribution >= 0.6 is 0 Å². The van der Waals surface area contributed by atoms with Gasteiger partial charge in [-0.25, -0.2) is 13.2 Å². The van der Waals surface area contributed by atoms with E-state index in [0.29, 0.717) is 12.1 Å². The van der Waals surface area contributed by atoms with Crippen molar-refractivity contribution in [2.24, 2.45) is 0 Å². The van der Waals surface area contributed by atoms with Crippen LogP contribution in [0.25, 0.3) is 16.5 Å². The summed E-state index contributed by atoms with van der Waals surface area (Å²) in [6.45, 7) is 1.73. The van der Waals surface area contributed by atoms with Gasteiger partial charge in [-0.1, -0.05) is 18.2 Å². The smallest absolute Gasteiger partial charge is 0.416 e. The molecule has 0 spiro atoms. The fourth-order valence-corrected chi connectivity index (χ4v) is 5.02. The molecule has 1 N–H and O–H groups in total. The lowest BCUT2D eigenvalue weighted by Crippen LogP contribution is -2.28. The number of alkyl halides is 3. The van der Waals surface area contributed by atoms with Gasteiger partial charge in [0, 0.05) is 23.6 Å². The average Bonchev–Trinajstić information content (AvgIpc) is 3.00. The van der Waals surface area contributed by atoms with Gasteiger partial charge in [0.1, 0.15) is 5.57 Å². The van der Waals surface area contributed by atoms with E-state index in [2.05, 4.69) is 4.98 Å². The summed E-state index contributed by atoms with van der Waals surface area (Å²) >= 11 is 0. The van der Waals surface area contributed by atoms with Crippen molar-refractivity contribution in [3.05, 3.63) is 71.6 Å². The van der Waals surface area contributed by atoms with Gasteiger partial charge in [0.15, 0.2) is 0 Å². The Hall–Kier alpha value is -3.27. The molecule has 0 radical (unpaired) electrons. The predicted molar refractivity (Wildman–Crippen MR) is 112 cm³/mol. The minimum atomic E-state index is -4.58. The summed E-state index contributed by atoms with van der Waals surface area (Å²) in [6.07, 6.45) is -3.10. The molecule has 2 aromatic carbocycles. The van der Waals surface area contributed by atoms with Crippen LogP contribution in [0.1, 0.15) is 23.7 Å². The molecule has 1 aliphatic heterocycles. The fourth-order valence-electron chi connectivity index (χ4n) is 3.69. The molecule has 2 heterocycles. The Labute approximate surface area is 182 Å². The second kappa shape index (κ2) is 8.01. The Balaban J connectivity index is 1.79. The third-order valence-electron chi connectivity index (χ3n) is 5.22. The molecule has 0 unspecified atom stereocenters. The second-order valence-corrected chi connectivity index (χ2v) is 9.07. The van der Waals surface area contributed by atoms with Crippen LogP contribution in [0.15, 0.2) is 59.6 Å². The number of aromatic amines is 1. The molecule has 1 aromatic heterocycles. The van der Waals surface area contributed by atoms with Gasteiger partial charge in [0.05, 0.1) is 22.8 Å². The first kappa shape index (κ1) is 21.9. The quantitative estimate of drug-likeness (QED) is 0.583. The number of aromatic nitrogens is 1. The Kier molecular flexibility index (Phi) is 5.49. The Morgan fingerprint density at radius 1 is 1.12 bits per heavy atom. The second-order valence-electron chi connectivity index (χ2n) is 7.18. The number of hydrogen-bond acceptors (Lipinski definition) is 4. The van der Waals surface area contributed by atoms with Crippen molar-refractivity contribution < 1.29 is 31.1 Å². The van der Waals surface area contributed by atoms with Gasteiger partial charge in [0.25, 0.3) is 10.0 Å². The molecule has 0 aliphatic carbocycles. The van der Waals surface area contributed by atoms with Gasteiger partial charge < -0.3 is 9.72 Å². The van der Waals surface area contributed by atoms with Crippen LogP contribution in [0.3, 0.4) is 0 Å². The van der Waals surface area contributed by atoms with Crippen LogP contribution < -0.4 is 0 Å². The van der Waals surface area contributed by atoms with Crippen LogP contribution in [0.4, 0.5) is 13.2 Å². The number of nitrogens with one attached hydrogen (secondary N) is 1. The molecule has 6 nitrogen and oxygen atoms in total. The van der Waals surface area contributed by atoms with E-state index in [1.807, 2.05) is 24.3 Å². The predicted octanol–water partition coefficient (Wildman–Crippen LogP) is 4.34. The number of sulfonamides is 1. The lowest BCUT2D eigenvalue weighted by atomic mass is 10.0. The van der Waals surface area contributed by atoms with E-state index in [1.54, 1.807) is 6.92 Å². The normalized spacial score (nSPS) is 14.6. The van der Waals surface area contributed by atoms with Gasteiger partial charge in [0.2, 0.25) is 0 Å². The third kappa shape index (κ3) is 3.86. The number of nitrogens with zero attached hydrogens (tertiary/aromatic N) is 1. The molecule has 0 fully saturated rings. The molecular formula is C22H19F3N2O4S. The minimum absolute atomic E-state index is 0.00110. The molecule has 0 saturated carbocycles. The Bertz CT molecular complexity index is 1310. The lowest BCUT2D eigenvalue weighted by molar-refractivity contribution is -0.138. The molecule has 0 saturated heterocycles. The van der Waals surface area contributed by atoms with Crippen molar-refractivity contribution in [3.8, 4) is 0 Å². The zero-order chi connectivity index (χ0) is 23.1. The summed E-state index contributed by atoms with van der Waals surface area (Å²) in [5.74, 6) is -0.699. The molecule has 10 heteroatoms. The van der Waals surface area contributed by atoms with E-state index in [-0.39, 0.29) is 23.6 Å². The highest BCUT2D eigenvalue weighted by atomic mass is 32.2. The number of halogens is 3. The zero-order valence-electron chi connectivity index (χ0n) is 16.9. The highest BCUT2D eigenvalue weighted by molar-refractivity contribution is 7.89. The number of H-pyrrole nitrogens is 1. The van der Waals surface area contributed by atoms with Crippen molar-refractivity contribution in [2.75, 3.05) is 13.2 Å². The average molecular weight is 464 g/mol. The monoisotopic (exact) mass is 464 g/mol. The van der Waals surface area contributed by atoms with Crippen LogP contribution in [-0.4, -0.2) is 36.8 Å². The largest absolute Gasteiger partial charge is 0.462 e. The van der Waals surface area contributed by atoms with E-state index < -0.39 is 27.7 Å². The molecule has 0 amide bonds. The van der Waals surface area contributed by atoms with Gasteiger partial charge in [-0.15, -0.1) is 0 Å². The molecule has 4 rings (SSSR count). The highest BCUT2D eigenvalue weighted by Gasteiger charge is 2.33. The lowest BCUT2D eigenvalue weighted by Gasteiger charge is -2.20. The zero-order valence-corrected chi connectivity index (χ0v) is 17.8. The molecule has 0 atom stereocenters. The summed E-state index contributed by atoms with van der Waals surface area (Å²) in [6, 6.07) is 10.7. The number of para-hydroxylation sites is 1. The van der Waals surface area contributed by atoms with Crippen molar-refractivity contribution in [3.63, 3.8) is 0 Å². The maximum atomic E-state index is 13.2. The number of carbonyl (C=O) groups excluding carboxylic acids is 1. The number of esters is 1. The van der Waals surface area contributed by atoms with Crippen molar-refractivity contribution >= 4 is 32.5 Å². The summed E-state index contributed by atoms with van der Waals surface area (Å²) in [5.41, 5.74) is 1.12. The van der Waals surface area contributed by atoms with Crippen LogP contribution in [0.5, 0.6) is 0 Å².